The second kappa shape index (κ2) is 5.35. The highest BCUT2D eigenvalue weighted by Gasteiger charge is 2.12. The van der Waals surface area contributed by atoms with Crippen LogP contribution in [0.2, 0.25) is 5.02 Å². The maximum Gasteiger partial charge on any atom is 0.169 e. The lowest BCUT2D eigenvalue weighted by Crippen LogP contribution is -2.08. The van der Waals surface area contributed by atoms with Gasteiger partial charge in [-0.15, -0.1) is 5.10 Å². The van der Waals surface area contributed by atoms with Crippen LogP contribution in [-0.4, -0.2) is 15.0 Å². The average Bonchev–Trinajstić information content (AvgIpc) is 2.68. The summed E-state index contributed by atoms with van der Waals surface area (Å²) < 4.78 is 15.0. The molecule has 18 heavy (non-hydrogen) atoms. The van der Waals surface area contributed by atoms with E-state index in [1.54, 1.807) is 16.8 Å². The molecule has 4 nitrogen and oxygen atoms in total. The van der Waals surface area contributed by atoms with Gasteiger partial charge in [0, 0.05) is 0 Å². The van der Waals surface area contributed by atoms with Gasteiger partial charge in [0.1, 0.15) is 5.82 Å². The van der Waals surface area contributed by atoms with E-state index in [9.17, 15) is 4.39 Å². The number of nitrogens with zero attached hydrogens (tertiary/aromatic N) is 3. The van der Waals surface area contributed by atoms with Crippen molar-refractivity contribution in [1.82, 2.24) is 15.0 Å². The summed E-state index contributed by atoms with van der Waals surface area (Å²) in [5.74, 6) is -0.0105. The maximum atomic E-state index is 13.3. The highest BCUT2D eigenvalue weighted by molar-refractivity contribution is 6.31. The van der Waals surface area contributed by atoms with Gasteiger partial charge in [0.15, 0.2) is 5.82 Å². The molecule has 1 heterocycles. The zero-order valence-electron chi connectivity index (χ0n) is 10.0. The molecule has 1 aromatic heterocycles. The molecule has 0 amide bonds. The van der Waals surface area contributed by atoms with Crippen molar-refractivity contribution in [2.75, 3.05) is 5.73 Å². The number of nitrogen functional groups attached to an aromatic ring is 1. The van der Waals surface area contributed by atoms with Gasteiger partial charge in [-0.1, -0.05) is 42.3 Å². The van der Waals surface area contributed by atoms with Crippen LogP contribution in [0.1, 0.15) is 24.6 Å². The largest absolute Gasteiger partial charge is 0.381 e. The first kappa shape index (κ1) is 12.8. The van der Waals surface area contributed by atoms with E-state index in [4.69, 9.17) is 17.3 Å². The lowest BCUT2D eigenvalue weighted by molar-refractivity contribution is 0.599. The van der Waals surface area contributed by atoms with E-state index in [1.165, 1.54) is 6.07 Å². The summed E-state index contributed by atoms with van der Waals surface area (Å²) in [7, 11) is 0. The fourth-order valence-electron chi connectivity index (χ4n) is 1.80. The summed E-state index contributed by atoms with van der Waals surface area (Å²) in [4.78, 5) is 0. The van der Waals surface area contributed by atoms with Crippen molar-refractivity contribution in [1.29, 1.82) is 0 Å². The SMILES string of the molecule is CCCc1c(N)nnn1Cc1cccc(F)c1Cl. The zero-order valence-corrected chi connectivity index (χ0v) is 10.8. The third-order valence-electron chi connectivity index (χ3n) is 2.71. The number of benzene rings is 1. The number of halogens is 2. The van der Waals surface area contributed by atoms with Gasteiger partial charge in [-0.25, -0.2) is 9.07 Å². The number of aromatic nitrogens is 3. The Morgan fingerprint density at radius 1 is 1.44 bits per heavy atom. The Kier molecular flexibility index (Phi) is 3.81. The molecule has 0 fully saturated rings. The summed E-state index contributed by atoms with van der Waals surface area (Å²) in [6, 6.07) is 4.71. The fourth-order valence-corrected chi connectivity index (χ4v) is 1.98. The number of nitrogens with two attached hydrogens (primary N) is 1. The molecule has 0 saturated heterocycles. The number of hydrogen-bond acceptors (Lipinski definition) is 3. The van der Waals surface area contributed by atoms with Gasteiger partial charge in [-0.3, -0.25) is 0 Å². The van der Waals surface area contributed by atoms with Crippen LogP contribution in [0.5, 0.6) is 0 Å². The third kappa shape index (κ3) is 2.46. The molecule has 1 aromatic carbocycles. The topological polar surface area (TPSA) is 56.7 Å². The zero-order chi connectivity index (χ0) is 13.1. The number of anilines is 1. The van der Waals surface area contributed by atoms with Crippen LogP contribution in [0, 0.1) is 5.82 Å². The molecule has 0 atom stereocenters. The van der Waals surface area contributed by atoms with Crippen molar-refractivity contribution < 1.29 is 4.39 Å². The van der Waals surface area contributed by atoms with Crippen molar-refractivity contribution in [3.05, 3.63) is 40.3 Å². The highest BCUT2D eigenvalue weighted by atomic mass is 35.5. The minimum Gasteiger partial charge on any atom is -0.381 e. The predicted octanol–water partition coefficient (Wildman–Crippen LogP) is 2.65. The molecule has 6 heteroatoms. The van der Waals surface area contributed by atoms with Gasteiger partial charge in [-0.2, -0.15) is 0 Å². The van der Waals surface area contributed by atoms with Gasteiger partial charge >= 0.3 is 0 Å². The van der Waals surface area contributed by atoms with E-state index in [0.717, 1.165) is 18.5 Å². The van der Waals surface area contributed by atoms with Crippen molar-refractivity contribution in [3.63, 3.8) is 0 Å². The van der Waals surface area contributed by atoms with Gasteiger partial charge in [0.25, 0.3) is 0 Å². The molecule has 0 saturated carbocycles. The smallest absolute Gasteiger partial charge is 0.169 e. The van der Waals surface area contributed by atoms with Crippen LogP contribution in [-0.2, 0) is 13.0 Å². The van der Waals surface area contributed by atoms with Crippen LogP contribution in [0.3, 0.4) is 0 Å². The Bertz CT molecular complexity index is 553. The summed E-state index contributed by atoms with van der Waals surface area (Å²) in [5, 5.41) is 7.92. The van der Waals surface area contributed by atoms with E-state index in [-0.39, 0.29) is 5.02 Å². The van der Waals surface area contributed by atoms with E-state index in [0.29, 0.717) is 17.9 Å². The normalized spacial score (nSPS) is 10.8. The minimum atomic E-state index is -0.431. The molecule has 96 valence electrons. The summed E-state index contributed by atoms with van der Waals surface area (Å²) in [6.45, 7) is 2.42. The molecule has 2 rings (SSSR count). The first-order chi connectivity index (χ1) is 8.63. The van der Waals surface area contributed by atoms with E-state index >= 15 is 0 Å². The molecule has 0 radical (unpaired) electrons. The van der Waals surface area contributed by atoms with Crippen LogP contribution in [0.25, 0.3) is 0 Å². The van der Waals surface area contributed by atoms with E-state index in [2.05, 4.69) is 10.3 Å². The molecular formula is C12H14ClFN4. The lowest BCUT2D eigenvalue weighted by Gasteiger charge is -2.08. The highest BCUT2D eigenvalue weighted by Crippen LogP contribution is 2.21. The van der Waals surface area contributed by atoms with Crippen LogP contribution in [0.4, 0.5) is 10.2 Å². The van der Waals surface area contributed by atoms with Crippen LogP contribution in [0.15, 0.2) is 18.2 Å². The summed E-state index contributed by atoms with van der Waals surface area (Å²) in [5.41, 5.74) is 7.27. The predicted molar refractivity (Wildman–Crippen MR) is 68.9 cm³/mol. The maximum absolute atomic E-state index is 13.3. The van der Waals surface area contributed by atoms with E-state index in [1.807, 2.05) is 6.92 Å². The molecule has 2 aromatic rings. The molecular weight excluding hydrogens is 255 g/mol. The Morgan fingerprint density at radius 3 is 2.94 bits per heavy atom. The Morgan fingerprint density at radius 2 is 2.22 bits per heavy atom. The Hall–Kier alpha value is -1.62. The first-order valence-corrected chi connectivity index (χ1v) is 6.12. The number of hydrogen-bond donors (Lipinski definition) is 1. The Balaban J connectivity index is 2.31. The first-order valence-electron chi connectivity index (χ1n) is 5.74. The van der Waals surface area contributed by atoms with Crippen molar-refractivity contribution in [2.24, 2.45) is 0 Å². The molecule has 0 aliphatic rings. The molecule has 0 spiro atoms. The average molecular weight is 269 g/mol. The second-order valence-corrected chi connectivity index (χ2v) is 4.42. The Labute approximate surface area is 110 Å². The molecule has 0 bridgehead atoms. The van der Waals surface area contributed by atoms with Crippen LogP contribution < -0.4 is 5.73 Å². The summed E-state index contributed by atoms with van der Waals surface area (Å²) in [6.07, 6.45) is 1.72. The molecule has 2 N–H and O–H groups in total. The van der Waals surface area contributed by atoms with Gasteiger partial charge in [0.2, 0.25) is 0 Å². The van der Waals surface area contributed by atoms with Gasteiger partial charge in [0.05, 0.1) is 17.3 Å². The van der Waals surface area contributed by atoms with Crippen LogP contribution >= 0.6 is 11.6 Å². The third-order valence-corrected chi connectivity index (χ3v) is 3.13. The molecule has 0 aliphatic carbocycles. The van der Waals surface area contributed by atoms with Crippen molar-refractivity contribution in [3.8, 4) is 0 Å². The van der Waals surface area contributed by atoms with Gasteiger partial charge in [-0.05, 0) is 18.1 Å². The monoisotopic (exact) mass is 268 g/mol. The molecule has 0 unspecified atom stereocenters. The van der Waals surface area contributed by atoms with Gasteiger partial charge < -0.3 is 5.73 Å². The number of rotatable bonds is 4. The standard InChI is InChI=1S/C12H14ClFN4/c1-2-4-10-12(15)16-17-18(10)7-8-5-3-6-9(14)11(8)13/h3,5-6H,2,4,7,15H2,1H3. The van der Waals surface area contributed by atoms with Crippen molar-refractivity contribution in [2.45, 2.75) is 26.3 Å². The minimum absolute atomic E-state index is 0.119. The second-order valence-electron chi connectivity index (χ2n) is 4.04. The fraction of sp³-hybridized carbons (Fsp3) is 0.333. The van der Waals surface area contributed by atoms with E-state index < -0.39 is 5.82 Å². The summed E-state index contributed by atoms with van der Waals surface area (Å²) >= 11 is 5.91. The van der Waals surface area contributed by atoms with Crippen molar-refractivity contribution >= 4 is 17.4 Å². The lowest BCUT2D eigenvalue weighted by atomic mass is 10.2. The quantitative estimate of drug-likeness (QED) is 0.927. The molecule has 0 aliphatic heterocycles.